The Balaban J connectivity index is 2.26. The Morgan fingerprint density at radius 2 is 2.17 bits per heavy atom. The first-order valence-electron chi connectivity index (χ1n) is 5.81. The molecular formula is C12H14F3NO2. The minimum Gasteiger partial charge on any atom is -0.386 e. The smallest absolute Gasteiger partial charge is 0.386 e. The Morgan fingerprint density at radius 1 is 1.39 bits per heavy atom. The summed E-state index contributed by atoms with van der Waals surface area (Å²) in [5, 5.41) is 10.0. The molecule has 1 aliphatic heterocycles. The fourth-order valence-corrected chi connectivity index (χ4v) is 2.12. The average molecular weight is 261 g/mol. The van der Waals surface area contributed by atoms with Gasteiger partial charge in [-0.1, -0.05) is 0 Å². The van der Waals surface area contributed by atoms with Gasteiger partial charge in [-0.25, -0.2) is 0 Å². The lowest BCUT2D eigenvalue weighted by molar-refractivity contribution is -0.141. The summed E-state index contributed by atoms with van der Waals surface area (Å²) in [6, 6.07) is 0.876. The first kappa shape index (κ1) is 13.3. The molecule has 0 amide bonds. The van der Waals surface area contributed by atoms with Crippen molar-refractivity contribution >= 4 is 0 Å². The van der Waals surface area contributed by atoms with E-state index in [1.807, 2.05) is 0 Å². The van der Waals surface area contributed by atoms with Crippen LogP contribution < -0.4 is 0 Å². The Morgan fingerprint density at radius 3 is 2.78 bits per heavy atom. The van der Waals surface area contributed by atoms with Crippen LogP contribution in [0.1, 0.15) is 36.5 Å². The van der Waals surface area contributed by atoms with Gasteiger partial charge in [0.2, 0.25) is 0 Å². The van der Waals surface area contributed by atoms with Gasteiger partial charge in [-0.2, -0.15) is 13.2 Å². The highest BCUT2D eigenvalue weighted by atomic mass is 19.4. The predicted octanol–water partition coefficient (Wildman–Crippen LogP) is 2.70. The fraction of sp³-hybridized carbons (Fsp3) is 0.583. The van der Waals surface area contributed by atoms with E-state index in [2.05, 4.69) is 4.98 Å². The predicted molar refractivity (Wildman–Crippen MR) is 57.8 cm³/mol. The summed E-state index contributed by atoms with van der Waals surface area (Å²) in [5.74, 6) is 0. The Labute approximate surface area is 103 Å². The second-order valence-corrected chi connectivity index (χ2v) is 4.31. The summed E-state index contributed by atoms with van der Waals surface area (Å²) < 4.78 is 43.7. The molecule has 0 aliphatic carbocycles. The number of aromatic nitrogens is 1. The van der Waals surface area contributed by atoms with Crippen LogP contribution in [-0.4, -0.2) is 22.8 Å². The number of hydrogen-bond acceptors (Lipinski definition) is 3. The summed E-state index contributed by atoms with van der Waals surface area (Å²) in [4.78, 5) is 3.66. The molecule has 0 saturated carbocycles. The van der Waals surface area contributed by atoms with E-state index in [0.717, 1.165) is 31.3 Å². The van der Waals surface area contributed by atoms with Gasteiger partial charge < -0.3 is 9.84 Å². The number of nitrogens with zero attached hydrogens (tertiary/aromatic N) is 1. The molecule has 3 nitrogen and oxygen atoms in total. The van der Waals surface area contributed by atoms with Gasteiger partial charge in [0.05, 0.1) is 11.7 Å². The van der Waals surface area contributed by atoms with Crippen molar-refractivity contribution in [3.63, 3.8) is 0 Å². The molecule has 2 rings (SSSR count). The summed E-state index contributed by atoms with van der Waals surface area (Å²) in [6.45, 7) is 0.476. The maximum absolute atomic E-state index is 12.8. The molecule has 100 valence electrons. The van der Waals surface area contributed by atoms with E-state index >= 15 is 0 Å². The number of pyridine rings is 1. The van der Waals surface area contributed by atoms with Crippen molar-refractivity contribution in [2.45, 2.75) is 37.6 Å². The van der Waals surface area contributed by atoms with Gasteiger partial charge in [0, 0.05) is 24.6 Å². The molecule has 0 spiro atoms. The molecule has 2 heterocycles. The van der Waals surface area contributed by atoms with Gasteiger partial charge >= 0.3 is 6.18 Å². The zero-order valence-corrected chi connectivity index (χ0v) is 9.65. The molecule has 1 saturated heterocycles. The number of hydrogen-bond donors (Lipinski definition) is 1. The van der Waals surface area contributed by atoms with E-state index < -0.39 is 23.9 Å². The monoisotopic (exact) mass is 261 g/mol. The molecule has 0 aromatic carbocycles. The van der Waals surface area contributed by atoms with Gasteiger partial charge in [0.15, 0.2) is 0 Å². The lowest BCUT2D eigenvalue weighted by Crippen LogP contribution is -2.28. The molecule has 18 heavy (non-hydrogen) atoms. The van der Waals surface area contributed by atoms with Crippen LogP contribution in [0.25, 0.3) is 0 Å². The van der Waals surface area contributed by atoms with E-state index in [4.69, 9.17) is 4.74 Å². The van der Waals surface area contributed by atoms with E-state index in [9.17, 15) is 18.3 Å². The lowest BCUT2D eigenvalue weighted by Gasteiger charge is -2.28. The first-order chi connectivity index (χ1) is 8.50. The summed E-state index contributed by atoms with van der Waals surface area (Å²) in [7, 11) is 0. The molecule has 0 radical (unpaired) electrons. The highest BCUT2D eigenvalue weighted by Gasteiger charge is 2.37. The molecule has 1 aliphatic rings. The molecular weight excluding hydrogens is 247 g/mol. The van der Waals surface area contributed by atoms with E-state index in [0.29, 0.717) is 13.0 Å². The quantitative estimate of drug-likeness (QED) is 0.890. The number of ether oxygens (including phenoxy) is 1. The third-order valence-electron chi connectivity index (χ3n) is 3.04. The summed E-state index contributed by atoms with van der Waals surface area (Å²) in [5.41, 5.74) is -1.06. The van der Waals surface area contributed by atoms with Crippen LogP contribution in [0.4, 0.5) is 13.2 Å². The van der Waals surface area contributed by atoms with Crippen LogP contribution in [-0.2, 0) is 10.9 Å². The highest BCUT2D eigenvalue weighted by molar-refractivity contribution is 5.29. The van der Waals surface area contributed by atoms with Gasteiger partial charge in [-0.05, 0) is 25.3 Å². The van der Waals surface area contributed by atoms with Crippen molar-refractivity contribution in [1.82, 2.24) is 4.98 Å². The number of halogens is 3. The third-order valence-corrected chi connectivity index (χ3v) is 3.04. The minimum atomic E-state index is -4.49. The van der Waals surface area contributed by atoms with Crippen LogP contribution in [0, 0.1) is 0 Å². The number of aliphatic hydroxyl groups is 1. The van der Waals surface area contributed by atoms with Crippen molar-refractivity contribution < 1.29 is 23.0 Å². The standard InChI is InChI=1S/C12H14F3NO2/c13-12(14,15)9-4-5-16-7-8(9)11(17)10-3-1-2-6-18-10/h4-5,7,10-11,17H,1-3,6H2. The number of rotatable bonds is 2. The van der Waals surface area contributed by atoms with Gasteiger partial charge in [0.1, 0.15) is 6.10 Å². The normalized spacial score (nSPS) is 22.8. The fourth-order valence-electron chi connectivity index (χ4n) is 2.12. The summed E-state index contributed by atoms with van der Waals surface area (Å²) >= 11 is 0. The topological polar surface area (TPSA) is 42.4 Å². The highest BCUT2D eigenvalue weighted by Crippen LogP contribution is 2.36. The number of aliphatic hydroxyl groups excluding tert-OH is 1. The van der Waals surface area contributed by atoms with Crippen LogP contribution in [0.5, 0.6) is 0 Å². The lowest BCUT2D eigenvalue weighted by atomic mass is 9.96. The van der Waals surface area contributed by atoms with Crippen LogP contribution in [0.2, 0.25) is 0 Å². The molecule has 6 heteroatoms. The van der Waals surface area contributed by atoms with Crippen LogP contribution >= 0.6 is 0 Å². The Hall–Kier alpha value is -1.14. The van der Waals surface area contributed by atoms with E-state index in [-0.39, 0.29) is 5.56 Å². The van der Waals surface area contributed by atoms with Crippen LogP contribution in [0.15, 0.2) is 18.5 Å². The maximum Gasteiger partial charge on any atom is 0.416 e. The third kappa shape index (κ3) is 2.81. The SMILES string of the molecule is OC(c1cnccc1C(F)(F)F)C1CCCCO1. The van der Waals surface area contributed by atoms with Crippen molar-refractivity contribution in [2.75, 3.05) is 6.61 Å². The summed E-state index contributed by atoms with van der Waals surface area (Å²) in [6.07, 6.45) is -1.93. The van der Waals surface area contributed by atoms with Crippen LogP contribution in [0.3, 0.4) is 0 Å². The average Bonchev–Trinajstić information content (AvgIpc) is 2.38. The zero-order chi connectivity index (χ0) is 13.2. The molecule has 0 bridgehead atoms. The first-order valence-corrected chi connectivity index (χ1v) is 5.81. The zero-order valence-electron chi connectivity index (χ0n) is 9.65. The van der Waals surface area contributed by atoms with Gasteiger partial charge in [-0.15, -0.1) is 0 Å². The minimum absolute atomic E-state index is 0.211. The van der Waals surface area contributed by atoms with Crippen molar-refractivity contribution in [3.05, 3.63) is 29.6 Å². The van der Waals surface area contributed by atoms with Crippen molar-refractivity contribution in [2.24, 2.45) is 0 Å². The number of alkyl halides is 3. The molecule has 1 N–H and O–H groups in total. The van der Waals surface area contributed by atoms with Gasteiger partial charge in [0.25, 0.3) is 0 Å². The Bertz CT molecular complexity index is 403. The molecule has 2 unspecified atom stereocenters. The van der Waals surface area contributed by atoms with Gasteiger partial charge in [-0.3, -0.25) is 4.98 Å². The molecule has 1 aromatic heterocycles. The van der Waals surface area contributed by atoms with E-state index in [1.54, 1.807) is 0 Å². The molecule has 1 aromatic rings. The second kappa shape index (κ2) is 5.24. The Kier molecular flexibility index (Phi) is 3.87. The molecule has 1 fully saturated rings. The van der Waals surface area contributed by atoms with Crippen molar-refractivity contribution in [1.29, 1.82) is 0 Å². The largest absolute Gasteiger partial charge is 0.416 e. The van der Waals surface area contributed by atoms with Crippen molar-refractivity contribution in [3.8, 4) is 0 Å². The molecule has 2 atom stereocenters. The maximum atomic E-state index is 12.8. The van der Waals surface area contributed by atoms with E-state index in [1.165, 1.54) is 0 Å². The second-order valence-electron chi connectivity index (χ2n) is 4.31.